The molecule has 2 unspecified atom stereocenters. The molecule has 3 heteroatoms. The summed E-state index contributed by atoms with van der Waals surface area (Å²) in [5.41, 5.74) is 0. The van der Waals surface area contributed by atoms with Crippen molar-refractivity contribution in [1.29, 1.82) is 0 Å². The van der Waals surface area contributed by atoms with E-state index >= 15 is 0 Å². The molecule has 0 aromatic heterocycles. The van der Waals surface area contributed by atoms with E-state index < -0.39 is 0 Å². The number of Topliss-reactive ketones (excluding diaryl/α,β-unsaturated/α-hetero) is 1. The number of ether oxygens (including phenoxy) is 1. The fourth-order valence-corrected chi connectivity index (χ4v) is 3.98. The molecule has 2 atom stereocenters. The molecule has 0 radical (unpaired) electrons. The SMILES string of the molecule is O=C1CC2CCC(C1)N2CCOC1CCCCC1. The molecule has 2 aliphatic heterocycles. The van der Waals surface area contributed by atoms with E-state index in [1.54, 1.807) is 0 Å². The van der Waals surface area contributed by atoms with Crippen LogP contribution < -0.4 is 0 Å². The topological polar surface area (TPSA) is 29.5 Å². The minimum Gasteiger partial charge on any atom is -0.377 e. The van der Waals surface area contributed by atoms with Gasteiger partial charge in [-0.05, 0) is 25.7 Å². The molecule has 3 fully saturated rings. The van der Waals surface area contributed by atoms with Crippen molar-refractivity contribution in [2.75, 3.05) is 13.2 Å². The number of rotatable bonds is 4. The summed E-state index contributed by atoms with van der Waals surface area (Å²) < 4.78 is 6.01. The Labute approximate surface area is 110 Å². The molecule has 2 saturated heterocycles. The number of carbonyl (C=O) groups excluding carboxylic acids is 1. The van der Waals surface area contributed by atoms with Crippen LogP contribution in [0.25, 0.3) is 0 Å². The maximum atomic E-state index is 11.5. The van der Waals surface area contributed by atoms with Crippen LogP contribution in [0.1, 0.15) is 57.8 Å². The quantitative estimate of drug-likeness (QED) is 0.769. The Balaban J connectivity index is 1.42. The molecule has 3 aliphatic rings. The van der Waals surface area contributed by atoms with E-state index in [1.807, 2.05) is 0 Å². The molecule has 102 valence electrons. The smallest absolute Gasteiger partial charge is 0.136 e. The third kappa shape index (κ3) is 2.77. The summed E-state index contributed by atoms with van der Waals surface area (Å²) in [4.78, 5) is 14.1. The highest BCUT2D eigenvalue weighted by Gasteiger charge is 2.39. The summed E-state index contributed by atoms with van der Waals surface area (Å²) in [5.74, 6) is 0.479. The van der Waals surface area contributed by atoms with Gasteiger partial charge in [0.1, 0.15) is 5.78 Å². The van der Waals surface area contributed by atoms with Gasteiger partial charge < -0.3 is 4.74 Å². The number of carbonyl (C=O) groups is 1. The molecular weight excluding hydrogens is 226 g/mol. The van der Waals surface area contributed by atoms with Crippen molar-refractivity contribution in [2.24, 2.45) is 0 Å². The normalized spacial score (nSPS) is 34.1. The molecule has 0 aromatic rings. The zero-order chi connectivity index (χ0) is 12.4. The highest BCUT2D eigenvalue weighted by Crippen LogP contribution is 2.33. The van der Waals surface area contributed by atoms with Gasteiger partial charge >= 0.3 is 0 Å². The minimum atomic E-state index is 0.479. The molecule has 2 heterocycles. The van der Waals surface area contributed by atoms with Gasteiger partial charge in [-0.1, -0.05) is 19.3 Å². The summed E-state index contributed by atoms with van der Waals surface area (Å²) in [6, 6.07) is 1.07. The number of ketones is 1. The first-order chi connectivity index (χ1) is 8.83. The molecular formula is C15H25NO2. The summed E-state index contributed by atoms with van der Waals surface area (Å²) >= 11 is 0. The highest BCUT2D eigenvalue weighted by molar-refractivity contribution is 5.80. The zero-order valence-corrected chi connectivity index (χ0v) is 11.3. The first kappa shape index (κ1) is 12.6. The van der Waals surface area contributed by atoms with Crippen molar-refractivity contribution < 1.29 is 9.53 Å². The van der Waals surface area contributed by atoms with Crippen LogP contribution in [-0.2, 0) is 9.53 Å². The average molecular weight is 251 g/mol. The average Bonchev–Trinajstić information content (AvgIpc) is 2.63. The van der Waals surface area contributed by atoms with Gasteiger partial charge in [-0.15, -0.1) is 0 Å². The second-order valence-electron chi connectivity index (χ2n) is 6.20. The highest BCUT2D eigenvalue weighted by atomic mass is 16.5. The summed E-state index contributed by atoms with van der Waals surface area (Å²) in [5, 5.41) is 0. The molecule has 0 N–H and O–H groups in total. The largest absolute Gasteiger partial charge is 0.377 e. The van der Waals surface area contributed by atoms with E-state index in [-0.39, 0.29) is 0 Å². The van der Waals surface area contributed by atoms with E-state index in [4.69, 9.17) is 4.74 Å². The monoisotopic (exact) mass is 251 g/mol. The second kappa shape index (κ2) is 5.70. The third-order valence-corrected chi connectivity index (χ3v) is 4.95. The van der Waals surface area contributed by atoms with Crippen molar-refractivity contribution in [3.63, 3.8) is 0 Å². The lowest BCUT2D eigenvalue weighted by molar-refractivity contribution is -0.124. The zero-order valence-electron chi connectivity index (χ0n) is 11.3. The van der Waals surface area contributed by atoms with E-state index in [9.17, 15) is 4.79 Å². The lowest BCUT2D eigenvalue weighted by Crippen LogP contribution is -2.44. The number of fused-ring (bicyclic) bond motifs is 2. The van der Waals surface area contributed by atoms with Crippen LogP contribution in [0.4, 0.5) is 0 Å². The standard InChI is InChI=1S/C15H25NO2/c17-14-10-12-6-7-13(11-14)16(12)8-9-18-15-4-2-1-3-5-15/h12-13,15H,1-11H2. The number of hydrogen-bond acceptors (Lipinski definition) is 3. The van der Waals surface area contributed by atoms with E-state index in [0.29, 0.717) is 24.0 Å². The Kier molecular flexibility index (Phi) is 4.00. The first-order valence-electron chi connectivity index (χ1n) is 7.72. The number of hydrogen-bond donors (Lipinski definition) is 0. The van der Waals surface area contributed by atoms with Crippen LogP contribution in [-0.4, -0.2) is 42.0 Å². The minimum absolute atomic E-state index is 0.479. The van der Waals surface area contributed by atoms with Crippen LogP contribution >= 0.6 is 0 Å². The van der Waals surface area contributed by atoms with Crippen LogP contribution in [0.5, 0.6) is 0 Å². The van der Waals surface area contributed by atoms with Gasteiger partial charge in [-0.3, -0.25) is 9.69 Å². The lowest BCUT2D eigenvalue weighted by Gasteiger charge is -2.34. The fraction of sp³-hybridized carbons (Fsp3) is 0.933. The van der Waals surface area contributed by atoms with Crippen molar-refractivity contribution in [1.82, 2.24) is 4.90 Å². The molecule has 2 bridgehead atoms. The Morgan fingerprint density at radius 3 is 2.33 bits per heavy atom. The van der Waals surface area contributed by atoms with Crippen LogP contribution in [0.3, 0.4) is 0 Å². The van der Waals surface area contributed by atoms with Crippen molar-refractivity contribution in [3.05, 3.63) is 0 Å². The Bertz CT molecular complexity index is 283. The van der Waals surface area contributed by atoms with Crippen molar-refractivity contribution in [2.45, 2.75) is 76.0 Å². The fourth-order valence-electron chi connectivity index (χ4n) is 3.98. The van der Waals surface area contributed by atoms with E-state index in [0.717, 1.165) is 26.0 Å². The molecule has 1 aliphatic carbocycles. The lowest BCUT2D eigenvalue weighted by atomic mass is 9.98. The summed E-state index contributed by atoms with van der Waals surface area (Å²) in [7, 11) is 0. The van der Waals surface area contributed by atoms with Crippen molar-refractivity contribution >= 4 is 5.78 Å². The maximum absolute atomic E-state index is 11.5. The van der Waals surface area contributed by atoms with Gasteiger partial charge in [0.15, 0.2) is 0 Å². The molecule has 0 aromatic carbocycles. The molecule has 3 nitrogen and oxygen atoms in total. The van der Waals surface area contributed by atoms with Crippen LogP contribution in [0.15, 0.2) is 0 Å². The first-order valence-corrected chi connectivity index (χ1v) is 7.72. The van der Waals surface area contributed by atoms with Gasteiger partial charge in [0.05, 0.1) is 12.7 Å². The molecule has 0 amide bonds. The molecule has 18 heavy (non-hydrogen) atoms. The van der Waals surface area contributed by atoms with Crippen molar-refractivity contribution in [3.8, 4) is 0 Å². The Hall–Kier alpha value is -0.410. The summed E-state index contributed by atoms with van der Waals surface area (Å²) in [6.07, 6.45) is 11.1. The van der Waals surface area contributed by atoms with Gasteiger partial charge in [0, 0.05) is 31.5 Å². The van der Waals surface area contributed by atoms with Gasteiger partial charge in [-0.25, -0.2) is 0 Å². The van der Waals surface area contributed by atoms with Gasteiger partial charge in [-0.2, -0.15) is 0 Å². The Morgan fingerprint density at radius 1 is 1.00 bits per heavy atom. The predicted octanol–water partition coefficient (Wildman–Crippen LogP) is 2.53. The number of piperidine rings is 1. The second-order valence-corrected chi connectivity index (χ2v) is 6.20. The van der Waals surface area contributed by atoms with Crippen LogP contribution in [0.2, 0.25) is 0 Å². The third-order valence-electron chi connectivity index (χ3n) is 4.95. The maximum Gasteiger partial charge on any atom is 0.136 e. The van der Waals surface area contributed by atoms with E-state index in [2.05, 4.69) is 4.90 Å². The van der Waals surface area contributed by atoms with Crippen LogP contribution in [0, 0.1) is 0 Å². The molecule has 3 rings (SSSR count). The van der Waals surface area contributed by atoms with Gasteiger partial charge in [0.2, 0.25) is 0 Å². The summed E-state index contributed by atoms with van der Waals surface area (Å²) in [6.45, 7) is 1.91. The predicted molar refractivity (Wildman–Crippen MR) is 70.6 cm³/mol. The van der Waals surface area contributed by atoms with Gasteiger partial charge in [0.25, 0.3) is 0 Å². The molecule has 1 saturated carbocycles. The van der Waals surface area contributed by atoms with E-state index in [1.165, 1.54) is 44.9 Å². The Morgan fingerprint density at radius 2 is 1.67 bits per heavy atom. The molecule has 0 spiro atoms. The number of nitrogens with zero attached hydrogens (tertiary/aromatic N) is 1.